The normalized spacial score (nSPS) is 37.6. The number of hydrogen-bond acceptors (Lipinski definition) is 3. The fourth-order valence-electron chi connectivity index (χ4n) is 3.03. The Balaban J connectivity index is 2.15. The van der Waals surface area contributed by atoms with Crippen molar-refractivity contribution in [2.75, 3.05) is 19.7 Å². The van der Waals surface area contributed by atoms with Crippen molar-refractivity contribution in [2.45, 2.75) is 37.5 Å². The lowest BCUT2D eigenvalue weighted by atomic mass is 9.60. The quantitative estimate of drug-likeness (QED) is 0.689. The molecule has 1 saturated carbocycles. The summed E-state index contributed by atoms with van der Waals surface area (Å²) in [6.07, 6.45) is -3.73. The van der Waals surface area contributed by atoms with Gasteiger partial charge in [-0.05, 0) is 25.7 Å². The minimum Gasteiger partial charge on any atom is -0.396 e. The molecule has 1 aliphatic heterocycles. The maximum atomic E-state index is 12.7. The Morgan fingerprint density at radius 3 is 2.35 bits per heavy atom. The van der Waals surface area contributed by atoms with Gasteiger partial charge in [0.2, 0.25) is 0 Å². The maximum absolute atomic E-state index is 12.7. The standard InChI is InChI=1S/C11H18F3NO2/c12-11(13,14)8-2-1-3-10(17,4-8)9(7-16)5-15-6-9/h8,15-17H,1-7H2. The van der Waals surface area contributed by atoms with Gasteiger partial charge >= 0.3 is 6.18 Å². The van der Waals surface area contributed by atoms with Gasteiger partial charge in [-0.15, -0.1) is 0 Å². The van der Waals surface area contributed by atoms with Crippen LogP contribution in [0.1, 0.15) is 25.7 Å². The van der Waals surface area contributed by atoms with E-state index in [0.29, 0.717) is 25.9 Å². The second-order valence-electron chi connectivity index (χ2n) is 5.41. The van der Waals surface area contributed by atoms with Gasteiger partial charge in [0, 0.05) is 18.5 Å². The molecule has 2 fully saturated rings. The molecule has 2 atom stereocenters. The third-order valence-corrected chi connectivity index (χ3v) is 4.41. The Labute approximate surface area is 98.0 Å². The highest BCUT2D eigenvalue weighted by atomic mass is 19.4. The molecule has 2 aliphatic rings. The van der Waals surface area contributed by atoms with Gasteiger partial charge in [0.1, 0.15) is 0 Å². The fourth-order valence-corrected chi connectivity index (χ4v) is 3.03. The third-order valence-electron chi connectivity index (χ3n) is 4.41. The second kappa shape index (κ2) is 4.10. The molecule has 1 saturated heterocycles. The summed E-state index contributed by atoms with van der Waals surface area (Å²) in [4.78, 5) is 0. The number of halogens is 3. The van der Waals surface area contributed by atoms with Crippen LogP contribution in [-0.2, 0) is 0 Å². The maximum Gasteiger partial charge on any atom is 0.391 e. The Hall–Kier alpha value is -0.330. The van der Waals surface area contributed by atoms with E-state index in [4.69, 9.17) is 0 Å². The lowest BCUT2D eigenvalue weighted by Gasteiger charge is -2.55. The third kappa shape index (κ3) is 2.06. The molecule has 1 aliphatic carbocycles. The highest BCUT2D eigenvalue weighted by Gasteiger charge is 2.58. The summed E-state index contributed by atoms with van der Waals surface area (Å²) in [6.45, 7) is 0.524. The van der Waals surface area contributed by atoms with Gasteiger partial charge in [-0.3, -0.25) is 0 Å². The molecule has 0 radical (unpaired) electrons. The van der Waals surface area contributed by atoms with E-state index in [1.165, 1.54) is 0 Å². The molecule has 100 valence electrons. The van der Waals surface area contributed by atoms with E-state index in [1.54, 1.807) is 0 Å². The van der Waals surface area contributed by atoms with Crippen LogP contribution in [0.4, 0.5) is 13.2 Å². The van der Waals surface area contributed by atoms with Crippen molar-refractivity contribution in [3.8, 4) is 0 Å². The zero-order valence-corrected chi connectivity index (χ0v) is 9.56. The summed E-state index contributed by atoms with van der Waals surface area (Å²) in [5.74, 6) is -1.44. The van der Waals surface area contributed by atoms with Crippen LogP contribution in [0.15, 0.2) is 0 Å². The van der Waals surface area contributed by atoms with Crippen LogP contribution in [0.3, 0.4) is 0 Å². The summed E-state index contributed by atoms with van der Waals surface area (Å²) in [5, 5.41) is 22.8. The fraction of sp³-hybridized carbons (Fsp3) is 1.00. The van der Waals surface area contributed by atoms with Gasteiger partial charge in [-0.2, -0.15) is 13.2 Å². The molecule has 2 unspecified atom stereocenters. The summed E-state index contributed by atoms with van der Waals surface area (Å²) in [7, 11) is 0. The first-order chi connectivity index (χ1) is 7.83. The van der Waals surface area contributed by atoms with Gasteiger partial charge in [0.25, 0.3) is 0 Å². The van der Waals surface area contributed by atoms with Crippen molar-refractivity contribution in [3.63, 3.8) is 0 Å². The number of rotatable bonds is 2. The van der Waals surface area contributed by atoms with Crippen LogP contribution in [0, 0.1) is 11.3 Å². The highest BCUT2D eigenvalue weighted by Crippen LogP contribution is 2.50. The first kappa shape index (κ1) is 13.1. The minimum absolute atomic E-state index is 0.0841. The van der Waals surface area contributed by atoms with E-state index in [1.807, 2.05) is 0 Å². The molecule has 0 amide bonds. The summed E-state index contributed by atoms with van der Waals surface area (Å²) >= 11 is 0. The molecular weight excluding hydrogens is 235 g/mol. The Morgan fingerprint density at radius 1 is 1.29 bits per heavy atom. The second-order valence-corrected chi connectivity index (χ2v) is 5.41. The van der Waals surface area contributed by atoms with Gasteiger partial charge in [-0.1, -0.05) is 0 Å². The number of hydrogen-bond donors (Lipinski definition) is 3. The van der Waals surface area contributed by atoms with Crippen LogP contribution in [0.25, 0.3) is 0 Å². The van der Waals surface area contributed by atoms with Crippen molar-refractivity contribution in [1.29, 1.82) is 0 Å². The van der Waals surface area contributed by atoms with Gasteiger partial charge in [-0.25, -0.2) is 0 Å². The predicted molar refractivity (Wildman–Crippen MR) is 55.4 cm³/mol. The van der Waals surface area contributed by atoms with E-state index in [0.717, 1.165) is 0 Å². The van der Waals surface area contributed by atoms with Crippen LogP contribution in [0.5, 0.6) is 0 Å². The van der Waals surface area contributed by atoms with E-state index in [2.05, 4.69) is 5.32 Å². The summed E-state index contributed by atoms with van der Waals surface area (Å²) in [6, 6.07) is 0. The Morgan fingerprint density at radius 2 is 1.94 bits per heavy atom. The molecule has 0 aromatic rings. The predicted octanol–water partition coefficient (Wildman–Crippen LogP) is 1.05. The van der Waals surface area contributed by atoms with Gasteiger partial charge in [0.05, 0.1) is 18.1 Å². The smallest absolute Gasteiger partial charge is 0.391 e. The molecular formula is C11H18F3NO2. The molecule has 17 heavy (non-hydrogen) atoms. The van der Waals surface area contributed by atoms with E-state index < -0.39 is 23.1 Å². The molecule has 0 aromatic carbocycles. The zero-order chi connectivity index (χ0) is 12.7. The lowest BCUT2D eigenvalue weighted by molar-refractivity contribution is -0.227. The minimum atomic E-state index is -4.25. The topological polar surface area (TPSA) is 52.5 Å². The van der Waals surface area contributed by atoms with Crippen LogP contribution < -0.4 is 5.32 Å². The zero-order valence-electron chi connectivity index (χ0n) is 9.56. The average molecular weight is 253 g/mol. The Kier molecular flexibility index (Phi) is 3.16. The lowest BCUT2D eigenvalue weighted by Crippen LogP contribution is -2.69. The van der Waals surface area contributed by atoms with Crippen molar-refractivity contribution < 1.29 is 23.4 Å². The number of alkyl halides is 3. The van der Waals surface area contributed by atoms with Gasteiger partial charge < -0.3 is 15.5 Å². The first-order valence-electron chi connectivity index (χ1n) is 5.94. The van der Waals surface area contributed by atoms with Crippen molar-refractivity contribution in [3.05, 3.63) is 0 Å². The largest absolute Gasteiger partial charge is 0.396 e. The van der Waals surface area contributed by atoms with Crippen LogP contribution in [-0.4, -0.2) is 41.7 Å². The SMILES string of the molecule is OCC1(C2(O)CCCC(C(F)(F)F)C2)CNC1. The van der Waals surface area contributed by atoms with E-state index >= 15 is 0 Å². The molecule has 2 rings (SSSR count). The highest BCUT2D eigenvalue weighted by molar-refractivity contribution is 5.09. The molecule has 3 N–H and O–H groups in total. The average Bonchev–Trinajstić information content (AvgIpc) is 2.15. The monoisotopic (exact) mass is 253 g/mol. The molecule has 0 bridgehead atoms. The molecule has 0 aromatic heterocycles. The van der Waals surface area contributed by atoms with Crippen molar-refractivity contribution >= 4 is 0 Å². The van der Waals surface area contributed by atoms with Crippen molar-refractivity contribution in [1.82, 2.24) is 5.32 Å². The van der Waals surface area contributed by atoms with Crippen molar-refractivity contribution in [2.24, 2.45) is 11.3 Å². The van der Waals surface area contributed by atoms with E-state index in [9.17, 15) is 23.4 Å². The molecule has 3 nitrogen and oxygen atoms in total. The number of aliphatic hydroxyl groups is 2. The summed E-state index contributed by atoms with van der Waals surface area (Å²) in [5.41, 5.74) is -2.16. The van der Waals surface area contributed by atoms with E-state index in [-0.39, 0.29) is 19.4 Å². The first-order valence-corrected chi connectivity index (χ1v) is 5.94. The number of aliphatic hydroxyl groups excluding tert-OH is 1. The molecule has 1 heterocycles. The van der Waals surface area contributed by atoms with Crippen LogP contribution >= 0.6 is 0 Å². The molecule has 6 heteroatoms. The molecule has 0 spiro atoms. The van der Waals surface area contributed by atoms with Crippen LogP contribution in [0.2, 0.25) is 0 Å². The Bertz CT molecular complexity index is 285. The van der Waals surface area contributed by atoms with Gasteiger partial charge in [0.15, 0.2) is 0 Å². The number of nitrogens with one attached hydrogen (secondary N) is 1. The summed E-state index contributed by atoms with van der Waals surface area (Å²) < 4.78 is 38.1.